The molecule has 0 unspecified atom stereocenters. The van der Waals surface area contributed by atoms with E-state index in [2.05, 4.69) is 4.98 Å². The van der Waals surface area contributed by atoms with Gasteiger partial charge in [0.15, 0.2) is 0 Å². The molecule has 0 radical (unpaired) electrons. The van der Waals surface area contributed by atoms with E-state index in [4.69, 9.17) is 5.10 Å². The Kier molecular flexibility index (Phi) is 6.43. The third-order valence-electron chi connectivity index (χ3n) is 6.02. The van der Waals surface area contributed by atoms with Crippen molar-refractivity contribution in [1.29, 1.82) is 0 Å². The fraction of sp³-hybridized carbons (Fsp3) is 0.192. The Morgan fingerprint density at radius 1 is 0.857 bits per heavy atom. The number of hydrogen-bond donors (Lipinski definition) is 0. The molecule has 1 saturated heterocycles. The molecular formula is C26H25N5O3S. The van der Waals surface area contributed by atoms with Gasteiger partial charge in [0.2, 0.25) is 10.0 Å². The predicted molar refractivity (Wildman–Crippen MR) is 132 cm³/mol. The molecule has 9 heteroatoms. The average molecular weight is 488 g/mol. The standard InChI is InChI=1S/C26H25N5O3S/c32-26(29-14-16-31(17-15-29)35(33,34)23-11-5-2-6-12-23)24-20-30(19-21-8-3-1-4-9-21)28-25(24)22-10-7-13-27-18-22/h1-13,18,20H,14-17,19H2. The summed E-state index contributed by atoms with van der Waals surface area (Å²) < 4.78 is 29.1. The highest BCUT2D eigenvalue weighted by Crippen LogP contribution is 2.25. The monoisotopic (exact) mass is 487 g/mol. The average Bonchev–Trinajstić information content (AvgIpc) is 3.33. The highest BCUT2D eigenvalue weighted by molar-refractivity contribution is 7.89. The lowest BCUT2D eigenvalue weighted by Gasteiger charge is -2.34. The van der Waals surface area contributed by atoms with Gasteiger partial charge in [-0.25, -0.2) is 8.42 Å². The predicted octanol–water partition coefficient (Wildman–Crippen LogP) is 3.14. The lowest BCUT2D eigenvalue weighted by Crippen LogP contribution is -2.50. The highest BCUT2D eigenvalue weighted by atomic mass is 32.2. The number of piperazine rings is 1. The van der Waals surface area contributed by atoms with Crippen molar-refractivity contribution in [3.63, 3.8) is 0 Å². The maximum atomic E-state index is 13.6. The van der Waals surface area contributed by atoms with E-state index in [0.29, 0.717) is 30.9 Å². The van der Waals surface area contributed by atoms with E-state index < -0.39 is 10.0 Å². The van der Waals surface area contributed by atoms with Crippen molar-refractivity contribution in [3.05, 3.63) is 103 Å². The summed E-state index contributed by atoms with van der Waals surface area (Å²) in [5.41, 5.74) is 2.88. The first-order chi connectivity index (χ1) is 17.0. The topological polar surface area (TPSA) is 88.4 Å². The number of amides is 1. The molecule has 0 atom stereocenters. The Morgan fingerprint density at radius 2 is 1.54 bits per heavy atom. The molecule has 1 fully saturated rings. The molecule has 2 aromatic heterocycles. The van der Waals surface area contributed by atoms with Crippen molar-refractivity contribution in [2.45, 2.75) is 11.4 Å². The summed E-state index contributed by atoms with van der Waals surface area (Å²) >= 11 is 0. The van der Waals surface area contributed by atoms with Crippen LogP contribution in [0.2, 0.25) is 0 Å². The van der Waals surface area contributed by atoms with Crippen LogP contribution in [0.4, 0.5) is 0 Å². The summed E-state index contributed by atoms with van der Waals surface area (Å²) in [6.45, 7) is 1.62. The van der Waals surface area contributed by atoms with E-state index in [1.165, 1.54) is 4.31 Å². The summed E-state index contributed by atoms with van der Waals surface area (Å²) in [6, 6.07) is 22.0. The van der Waals surface area contributed by atoms with Crippen LogP contribution in [0.15, 0.2) is 96.3 Å². The van der Waals surface area contributed by atoms with Crippen LogP contribution in [0.25, 0.3) is 11.3 Å². The fourth-order valence-corrected chi connectivity index (χ4v) is 5.63. The third-order valence-corrected chi connectivity index (χ3v) is 7.93. The number of carbonyl (C=O) groups excluding carboxylic acids is 1. The summed E-state index contributed by atoms with van der Waals surface area (Å²) in [5, 5.41) is 4.71. The maximum absolute atomic E-state index is 13.6. The summed E-state index contributed by atoms with van der Waals surface area (Å²) in [4.78, 5) is 19.7. The minimum atomic E-state index is -3.59. The van der Waals surface area contributed by atoms with Crippen molar-refractivity contribution in [2.24, 2.45) is 0 Å². The largest absolute Gasteiger partial charge is 0.336 e. The fourth-order valence-electron chi connectivity index (χ4n) is 4.19. The molecule has 4 aromatic rings. The van der Waals surface area contributed by atoms with Crippen LogP contribution in [-0.2, 0) is 16.6 Å². The quantitative estimate of drug-likeness (QED) is 0.417. The Bertz CT molecular complexity index is 1400. The van der Waals surface area contributed by atoms with Gasteiger partial charge in [-0.1, -0.05) is 48.5 Å². The first-order valence-electron chi connectivity index (χ1n) is 11.4. The van der Waals surface area contributed by atoms with E-state index in [1.54, 1.807) is 58.5 Å². The minimum Gasteiger partial charge on any atom is -0.336 e. The number of sulfonamides is 1. The number of pyridine rings is 1. The van der Waals surface area contributed by atoms with Gasteiger partial charge in [-0.15, -0.1) is 0 Å². The molecule has 35 heavy (non-hydrogen) atoms. The Morgan fingerprint density at radius 3 is 2.20 bits per heavy atom. The first kappa shape index (κ1) is 22.9. The summed E-state index contributed by atoms with van der Waals surface area (Å²) in [6.07, 6.45) is 5.14. The molecule has 2 aromatic carbocycles. The molecule has 1 aliphatic heterocycles. The van der Waals surface area contributed by atoms with Gasteiger partial charge in [-0.05, 0) is 29.8 Å². The molecule has 0 spiro atoms. The number of benzene rings is 2. The summed E-state index contributed by atoms with van der Waals surface area (Å²) in [5.74, 6) is -0.167. The molecule has 0 N–H and O–H groups in total. The Labute approximate surface area is 204 Å². The Balaban J connectivity index is 1.37. The molecule has 0 saturated carbocycles. The van der Waals surface area contributed by atoms with E-state index in [1.807, 2.05) is 42.5 Å². The minimum absolute atomic E-state index is 0.167. The lowest BCUT2D eigenvalue weighted by molar-refractivity contribution is 0.0698. The van der Waals surface area contributed by atoms with Crippen molar-refractivity contribution in [3.8, 4) is 11.3 Å². The molecule has 178 valence electrons. The van der Waals surface area contributed by atoms with Gasteiger partial charge in [0, 0.05) is 50.3 Å². The first-order valence-corrected chi connectivity index (χ1v) is 12.8. The molecule has 1 aliphatic rings. The lowest BCUT2D eigenvalue weighted by atomic mass is 10.1. The second-order valence-electron chi connectivity index (χ2n) is 8.33. The molecule has 5 rings (SSSR count). The molecule has 0 bridgehead atoms. The van der Waals surface area contributed by atoms with Gasteiger partial charge in [0.25, 0.3) is 5.91 Å². The molecule has 8 nitrogen and oxygen atoms in total. The molecular weight excluding hydrogens is 462 g/mol. The van der Waals surface area contributed by atoms with Crippen molar-refractivity contribution >= 4 is 15.9 Å². The normalized spacial score (nSPS) is 14.7. The number of nitrogens with zero attached hydrogens (tertiary/aromatic N) is 5. The van der Waals surface area contributed by atoms with Gasteiger partial charge in [0.05, 0.1) is 17.0 Å². The highest BCUT2D eigenvalue weighted by Gasteiger charge is 2.32. The smallest absolute Gasteiger partial charge is 0.257 e. The molecule has 0 aliphatic carbocycles. The van der Waals surface area contributed by atoms with Crippen molar-refractivity contribution < 1.29 is 13.2 Å². The number of hydrogen-bond acceptors (Lipinski definition) is 5. The van der Waals surface area contributed by atoms with Crippen molar-refractivity contribution in [2.75, 3.05) is 26.2 Å². The van der Waals surface area contributed by atoms with Crippen LogP contribution >= 0.6 is 0 Å². The zero-order valence-corrected chi connectivity index (χ0v) is 19.9. The molecule has 1 amide bonds. The van der Waals surface area contributed by atoms with Crippen LogP contribution in [0.1, 0.15) is 15.9 Å². The number of carbonyl (C=O) groups is 1. The van der Waals surface area contributed by atoms with E-state index in [9.17, 15) is 13.2 Å². The van der Waals surface area contributed by atoms with E-state index in [-0.39, 0.29) is 23.9 Å². The van der Waals surface area contributed by atoms with Crippen molar-refractivity contribution in [1.82, 2.24) is 24.0 Å². The second kappa shape index (κ2) is 9.81. The maximum Gasteiger partial charge on any atom is 0.257 e. The van der Waals surface area contributed by atoms with Crippen LogP contribution < -0.4 is 0 Å². The van der Waals surface area contributed by atoms with Gasteiger partial charge in [-0.2, -0.15) is 9.40 Å². The van der Waals surface area contributed by atoms with Crippen LogP contribution in [0, 0.1) is 0 Å². The SMILES string of the molecule is O=C(c1cn(Cc2ccccc2)nc1-c1cccnc1)N1CCN(S(=O)(=O)c2ccccc2)CC1. The van der Waals surface area contributed by atoms with Gasteiger partial charge in [-0.3, -0.25) is 14.5 Å². The zero-order valence-electron chi connectivity index (χ0n) is 19.1. The van der Waals surface area contributed by atoms with Crippen LogP contribution in [0.5, 0.6) is 0 Å². The van der Waals surface area contributed by atoms with E-state index >= 15 is 0 Å². The third kappa shape index (κ3) is 4.87. The number of rotatable bonds is 6. The summed E-state index contributed by atoms with van der Waals surface area (Å²) in [7, 11) is -3.59. The van der Waals surface area contributed by atoms with Crippen LogP contribution in [-0.4, -0.2) is 64.5 Å². The van der Waals surface area contributed by atoms with Gasteiger partial charge in [0.1, 0.15) is 5.69 Å². The second-order valence-corrected chi connectivity index (χ2v) is 10.3. The number of aromatic nitrogens is 3. The Hall–Kier alpha value is -3.82. The molecule has 3 heterocycles. The van der Waals surface area contributed by atoms with Gasteiger partial charge >= 0.3 is 0 Å². The zero-order chi connectivity index (χ0) is 24.3. The van der Waals surface area contributed by atoms with E-state index in [0.717, 1.165) is 11.1 Å². The van der Waals surface area contributed by atoms with Crippen LogP contribution in [0.3, 0.4) is 0 Å². The van der Waals surface area contributed by atoms with Gasteiger partial charge < -0.3 is 4.90 Å².